The molecule has 0 aliphatic rings. The molecule has 0 saturated carbocycles. The van der Waals surface area contributed by atoms with Crippen molar-refractivity contribution in [2.24, 2.45) is 0 Å². The Morgan fingerprint density at radius 2 is 1.88 bits per heavy atom. The van der Waals surface area contributed by atoms with Crippen molar-refractivity contribution in [3.8, 4) is 0 Å². The highest BCUT2D eigenvalue weighted by Crippen LogP contribution is 2.20. The van der Waals surface area contributed by atoms with E-state index in [0.717, 1.165) is 29.8 Å². The fraction of sp³-hybridized carbons (Fsp3) is 0.538. The maximum Gasteiger partial charge on any atom is 0.0461 e. The number of hydrogen-bond donors (Lipinski definition) is 1. The molecule has 4 heteroatoms. The summed E-state index contributed by atoms with van der Waals surface area (Å²) in [6.45, 7) is 3.19. The molecule has 0 heterocycles. The van der Waals surface area contributed by atoms with E-state index in [9.17, 15) is 0 Å². The van der Waals surface area contributed by atoms with Crippen LogP contribution in [0.15, 0.2) is 22.7 Å². The molecule has 0 amide bonds. The number of rotatable bonds is 6. The largest absolute Gasteiger partial charge is 0.398 e. The van der Waals surface area contributed by atoms with Gasteiger partial charge in [-0.2, -0.15) is 0 Å². The zero-order valence-electron chi connectivity index (χ0n) is 10.9. The number of nitrogens with zero attached hydrogens (tertiary/aromatic N) is 2. The van der Waals surface area contributed by atoms with Crippen LogP contribution >= 0.6 is 15.9 Å². The second-order valence-electron chi connectivity index (χ2n) is 4.75. The predicted molar refractivity (Wildman–Crippen MR) is 78.1 cm³/mol. The second kappa shape index (κ2) is 6.99. The fourth-order valence-corrected chi connectivity index (χ4v) is 1.99. The minimum Gasteiger partial charge on any atom is -0.398 e. The first-order valence-corrected chi connectivity index (χ1v) is 6.65. The number of anilines is 1. The summed E-state index contributed by atoms with van der Waals surface area (Å²) in [5.74, 6) is 0. The molecule has 0 atom stereocenters. The summed E-state index contributed by atoms with van der Waals surface area (Å²) in [5.41, 5.74) is 7.94. The van der Waals surface area contributed by atoms with E-state index in [-0.39, 0.29) is 0 Å². The van der Waals surface area contributed by atoms with E-state index in [1.54, 1.807) is 0 Å². The van der Waals surface area contributed by atoms with Gasteiger partial charge in [-0.15, -0.1) is 0 Å². The molecule has 0 aliphatic heterocycles. The first-order chi connectivity index (χ1) is 7.99. The Morgan fingerprint density at radius 3 is 2.47 bits per heavy atom. The summed E-state index contributed by atoms with van der Waals surface area (Å²) >= 11 is 3.41. The summed E-state index contributed by atoms with van der Waals surface area (Å²) in [6.07, 6.45) is 1.19. The monoisotopic (exact) mass is 299 g/mol. The lowest BCUT2D eigenvalue weighted by atomic mass is 10.2. The van der Waals surface area contributed by atoms with E-state index < -0.39 is 0 Å². The average molecular weight is 300 g/mol. The number of nitrogen functional groups attached to an aromatic ring is 1. The maximum absolute atomic E-state index is 5.86. The highest BCUT2D eigenvalue weighted by Gasteiger charge is 2.02. The van der Waals surface area contributed by atoms with Gasteiger partial charge in [0.15, 0.2) is 0 Å². The van der Waals surface area contributed by atoms with Gasteiger partial charge in [0, 0.05) is 16.7 Å². The zero-order valence-corrected chi connectivity index (χ0v) is 12.5. The van der Waals surface area contributed by atoms with Gasteiger partial charge in [0.25, 0.3) is 0 Å². The van der Waals surface area contributed by atoms with E-state index in [4.69, 9.17) is 5.73 Å². The van der Waals surface area contributed by atoms with Gasteiger partial charge in [-0.3, -0.25) is 0 Å². The Kier molecular flexibility index (Phi) is 5.95. The molecule has 0 saturated heterocycles. The molecule has 0 unspecified atom stereocenters. The Labute approximate surface area is 113 Å². The van der Waals surface area contributed by atoms with Crippen LogP contribution in [-0.4, -0.2) is 44.0 Å². The molecular weight excluding hydrogens is 278 g/mol. The molecule has 0 fully saturated rings. The van der Waals surface area contributed by atoms with Crippen LogP contribution in [0.4, 0.5) is 5.69 Å². The van der Waals surface area contributed by atoms with Gasteiger partial charge >= 0.3 is 0 Å². The van der Waals surface area contributed by atoms with Crippen LogP contribution in [0.3, 0.4) is 0 Å². The van der Waals surface area contributed by atoms with Crippen LogP contribution in [0.25, 0.3) is 0 Å². The van der Waals surface area contributed by atoms with Crippen LogP contribution in [0.1, 0.15) is 12.0 Å². The van der Waals surface area contributed by atoms with Crippen molar-refractivity contribution in [2.75, 3.05) is 40.0 Å². The van der Waals surface area contributed by atoms with Crippen molar-refractivity contribution in [1.29, 1.82) is 0 Å². The van der Waals surface area contributed by atoms with Gasteiger partial charge in [-0.05, 0) is 74.3 Å². The molecule has 3 nitrogen and oxygen atoms in total. The molecule has 0 spiro atoms. The molecule has 17 heavy (non-hydrogen) atoms. The predicted octanol–water partition coefficient (Wildman–Crippen LogP) is 2.41. The minimum absolute atomic E-state index is 0.809. The first-order valence-electron chi connectivity index (χ1n) is 5.86. The Morgan fingerprint density at radius 1 is 1.18 bits per heavy atom. The first kappa shape index (κ1) is 14.5. The van der Waals surface area contributed by atoms with Crippen molar-refractivity contribution >= 4 is 21.6 Å². The van der Waals surface area contributed by atoms with E-state index in [0.29, 0.717) is 0 Å². The lowest BCUT2D eigenvalue weighted by molar-refractivity contribution is 0.294. The highest BCUT2D eigenvalue weighted by molar-refractivity contribution is 9.10. The van der Waals surface area contributed by atoms with E-state index in [1.165, 1.54) is 12.0 Å². The summed E-state index contributed by atoms with van der Waals surface area (Å²) < 4.78 is 0.969. The standard InChI is InChI=1S/C13H22BrN3/c1-16(2)7-4-8-17(3)10-11-5-6-12(14)13(15)9-11/h5-6,9H,4,7-8,10,15H2,1-3H3. The van der Waals surface area contributed by atoms with Crippen LogP contribution in [0, 0.1) is 0 Å². The molecular formula is C13H22BrN3. The Hall–Kier alpha value is -0.580. The lowest BCUT2D eigenvalue weighted by Gasteiger charge is -2.18. The number of halogens is 1. The molecule has 1 aromatic rings. The van der Waals surface area contributed by atoms with Crippen molar-refractivity contribution in [3.63, 3.8) is 0 Å². The number of benzene rings is 1. The molecule has 96 valence electrons. The van der Waals surface area contributed by atoms with Crippen molar-refractivity contribution in [3.05, 3.63) is 28.2 Å². The topological polar surface area (TPSA) is 32.5 Å². The average Bonchev–Trinajstić information content (AvgIpc) is 2.23. The smallest absolute Gasteiger partial charge is 0.0461 e. The van der Waals surface area contributed by atoms with Crippen molar-refractivity contribution in [2.45, 2.75) is 13.0 Å². The van der Waals surface area contributed by atoms with Crippen LogP contribution in [0.2, 0.25) is 0 Å². The van der Waals surface area contributed by atoms with E-state index in [2.05, 4.69) is 52.9 Å². The van der Waals surface area contributed by atoms with Gasteiger partial charge < -0.3 is 15.5 Å². The molecule has 0 aromatic heterocycles. The molecule has 1 rings (SSSR count). The zero-order chi connectivity index (χ0) is 12.8. The third-order valence-corrected chi connectivity index (χ3v) is 3.38. The normalized spacial score (nSPS) is 11.4. The van der Waals surface area contributed by atoms with Gasteiger partial charge in [0.05, 0.1) is 0 Å². The quantitative estimate of drug-likeness (QED) is 0.819. The van der Waals surface area contributed by atoms with Gasteiger partial charge in [-0.25, -0.2) is 0 Å². The highest BCUT2D eigenvalue weighted by atomic mass is 79.9. The van der Waals surface area contributed by atoms with E-state index in [1.807, 2.05) is 12.1 Å². The minimum atomic E-state index is 0.809. The van der Waals surface area contributed by atoms with Gasteiger partial charge in [0.1, 0.15) is 0 Å². The van der Waals surface area contributed by atoms with Crippen molar-refractivity contribution in [1.82, 2.24) is 9.80 Å². The van der Waals surface area contributed by atoms with Crippen LogP contribution in [0.5, 0.6) is 0 Å². The number of hydrogen-bond acceptors (Lipinski definition) is 3. The lowest BCUT2D eigenvalue weighted by Crippen LogP contribution is -2.23. The second-order valence-corrected chi connectivity index (χ2v) is 5.60. The van der Waals surface area contributed by atoms with Crippen LogP contribution < -0.4 is 5.73 Å². The summed E-state index contributed by atoms with van der Waals surface area (Å²) in [6, 6.07) is 6.16. The molecule has 1 aromatic carbocycles. The molecule has 2 N–H and O–H groups in total. The summed E-state index contributed by atoms with van der Waals surface area (Å²) in [4.78, 5) is 4.54. The molecule has 0 aliphatic carbocycles. The fourth-order valence-electron chi connectivity index (χ4n) is 1.74. The Balaban J connectivity index is 2.39. The number of nitrogens with two attached hydrogens (primary N) is 1. The Bertz CT molecular complexity index is 353. The van der Waals surface area contributed by atoms with Gasteiger partial charge in [-0.1, -0.05) is 6.07 Å². The SMILES string of the molecule is CN(C)CCCN(C)Cc1ccc(Br)c(N)c1. The third kappa shape index (κ3) is 5.52. The summed E-state index contributed by atoms with van der Waals surface area (Å²) in [5, 5.41) is 0. The van der Waals surface area contributed by atoms with Crippen LogP contribution in [-0.2, 0) is 6.54 Å². The molecule has 0 radical (unpaired) electrons. The maximum atomic E-state index is 5.86. The van der Waals surface area contributed by atoms with Gasteiger partial charge in [0.2, 0.25) is 0 Å². The third-order valence-electron chi connectivity index (χ3n) is 2.66. The summed E-state index contributed by atoms with van der Waals surface area (Å²) in [7, 11) is 6.36. The van der Waals surface area contributed by atoms with Crippen molar-refractivity contribution < 1.29 is 0 Å². The van der Waals surface area contributed by atoms with E-state index >= 15 is 0 Å². The molecule has 0 bridgehead atoms.